The molecular formula is C12H22N2O. The van der Waals surface area contributed by atoms with Gasteiger partial charge in [0.05, 0.1) is 0 Å². The monoisotopic (exact) mass is 210 g/mol. The van der Waals surface area contributed by atoms with Gasteiger partial charge in [0.15, 0.2) is 0 Å². The van der Waals surface area contributed by atoms with Gasteiger partial charge in [0, 0.05) is 12.1 Å². The van der Waals surface area contributed by atoms with Gasteiger partial charge in [-0.05, 0) is 45.2 Å². The number of nitrogens with one attached hydrogen (secondary N) is 2. The van der Waals surface area contributed by atoms with Crippen LogP contribution in [0.25, 0.3) is 0 Å². The van der Waals surface area contributed by atoms with E-state index >= 15 is 0 Å². The fraction of sp³-hybridized carbons (Fsp3) is 0.750. The molecule has 0 unspecified atom stereocenters. The quantitative estimate of drug-likeness (QED) is 0.690. The number of amides is 1. The molecule has 3 heteroatoms. The lowest BCUT2D eigenvalue weighted by atomic mass is 10.00. The van der Waals surface area contributed by atoms with Crippen molar-refractivity contribution < 1.29 is 4.79 Å². The second-order valence-corrected chi connectivity index (χ2v) is 4.22. The molecule has 0 bridgehead atoms. The highest BCUT2D eigenvalue weighted by Gasteiger charge is 2.13. The van der Waals surface area contributed by atoms with E-state index in [0.717, 1.165) is 31.6 Å². The molecule has 3 nitrogen and oxygen atoms in total. The average molecular weight is 210 g/mol. The van der Waals surface area contributed by atoms with Crippen LogP contribution in [0.5, 0.6) is 0 Å². The smallest absolute Gasteiger partial charge is 0.246 e. The second kappa shape index (κ2) is 6.62. The molecule has 0 spiro atoms. The van der Waals surface area contributed by atoms with Crippen molar-refractivity contribution in [3.05, 3.63) is 11.6 Å². The van der Waals surface area contributed by atoms with E-state index in [4.69, 9.17) is 0 Å². The third-order valence-corrected chi connectivity index (χ3v) is 2.82. The largest absolute Gasteiger partial charge is 0.352 e. The Bertz CT molecular complexity index is 230. The first-order valence-electron chi connectivity index (χ1n) is 5.89. The summed E-state index contributed by atoms with van der Waals surface area (Å²) in [6.45, 7) is 6.89. The van der Waals surface area contributed by atoms with E-state index in [1.807, 2.05) is 19.9 Å². The number of piperidine rings is 1. The molecule has 1 heterocycles. The topological polar surface area (TPSA) is 41.1 Å². The Kier molecular flexibility index (Phi) is 5.40. The third-order valence-electron chi connectivity index (χ3n) is 2.82. The molecule has 86 valence electrons. The van der Waals surface area contributed by atoms with Crippen LogP contribution in [-0.2, 0) is 4.79 Å². The molecule has 1 atom stereocenters. The molecule has 1 rings (SSSR count). The molecule has 0 aliphatic carbocycles. The Morgan fingerprint density at radius 2 is 2.40 bits per heavy atom. The second-order valence-electron chi connectivity index (χ2n) is 4.22. The fourth-order valence-electron chi connectivity index (χ4n) is 1.87. The summed E-state index contributed by atoms with van der Waals surface area (Å²) in [6.07, 6.45) is 5.34. The van der Waals surface area contributed by atoms with Crippen LogP contribution in [0.3, 0.4) is 0 Å². The van der Waals surface area contributed by atoms with Crippen LogP contribution in [0.15, 0.2) is 11.6 Å². The summed E-state index contributed by atoms with van der Waals surface area (Å²) < 4.78 is 0. The van der Waals surface area contributed by atoms with Gasteiger partial charge in [-0.2, -0.15) is 0 Å². The summed E-state index contributed by atoms with van der Waals surface area (Å²) in [4.78, 5) is 11.6. The lowest BCUT2D eigenvalue weighted by Gasteiger charge is -2.22. The summed E-state index contributed by atoms with van der Waals surface area (Å²) in [5, 5.41) is 6.34. The normalized spacial score (nSPS) is 22.5. The number of allylic oxidation sites excluding steroid dienone is 1. The molecule has 0 aromatic carbocycles. The first-order chi connectivity index (χ1) is 7.24. The predicted octanol–water partition coefficient (Wildman–Crippen LogP) is 1.46. The summed E-state index contributed by atoms with van der Waals surface area (Å²) in [5.41, 5.74) is 0.835. The Morgan fingerprint density at radius 3 is 3.00 bits per heavy atom. The highest BCUT2D eigenvalue weighted by atomic mass is 16.1. The summed E-state index contributed by atoms with van der Waals surface area (Å²) in [5.74, 6) is 0.694. The number of carbonyl (C=O) groups excluding carboxylic acids is 1. The summed E-state index contributed by atoms with van der Waals surface area (Å²) in [7, 11) is 0. The van der Waals surface area contributed by atoms with E-state index < -0.39 is 0 Å². The highest BCUT2D eigenvalue weighted by Crippen LogP contribution is 2.08. The van der Waals surface area contributed by atoms with Gasteiger partial charge < -0.3 is 10.6 Å². The number of hydrogen-bond donors (Lipinski definition) is 2. The standard InChI is InChI=1S/C12H22N2O/c1-3-5-10(2)12(15)14-9-11-6-4-7-13-8-11/h5,11,13H,3-4,6-9H2,1-2H3,(H,14,15)/b10-5+/t11-/m0/s1. The van der Waals surface area contributed by atoms with Crippen molar-refractivity contribution in [2.45, 2.75) is 33.1 Å². The van der Waals surface area contributed by atoms with Crippen LogP contribution < -0.4 is 10.6 Å². The van der Waals surface area contributed by atoms with E-state index in [2.05, 4.69) is 10.6 Å². The fourth-order valence-corrected chi connectivity index (χ4v) is 1.87. The zero-order chi connectivity index (χ0) is 11.1. The van der Waals surface area contributed by atoms with Crippen LogP contribution >= 0.6 is 0 Å². The maximum atomic E-state index is 11.6. The maximum Gasteiger partial charge on any atom is 0.246 e. The molecule has 0 radical (unpaired) electrons. The van der Waals surface area contributed by atoms with Crippen molar-refractivity contribution in [3.8, 4) is 0 Å². The zero-order valence-corrected chi connectivity index (χ0v) is 9.81. The van der Waals surface area contributed by atoms with Gasteiger partial charge >= 0.3 is 0 Å². The number of rotatable bonds is 4. The van der Waals surface area contributed by atoms with Crippen molar-refractivity contribution >= 4 is 5.91 Å². The summed E-state index contributed by atoms with van der Waals surface area (Å²) in [6, 6.07) is 0. The molecule has 0 aromatic rings. The number of carbonyl (C=O) groups is 1. The van der Waals surface area contributed by atoms with Crippen molar-refractivity contribution in [1.29, 1.82) is 0 Å². The zero-order valence-electron chi connectivity index (χ0n) is 9.81. The lowest BCUT2D eigenvalue weighted by Crippen LogP contribution is -2.38. The van der Waals surface area contributed by atoms with Crippen LogP contribution in [0, 0.1) is 5.92 Å². The van der Waals surface area contributed by atoms with Gasteiger partial charge in [0.25, 0.3) is 0 Å². The first-order valence-corrected chi connectivity index (χ1v) is 5.89. The molecule has 2 N–H and O–H groups in total. The van der Waals surface area contributed by atoms with E-state index in [1.165, 1.54) is 12.8 Å². The molecule has 0 aromatic heterocycles. The summed E-state index contributed by atoms with van der Waals surface area (Å²) >= 11 is 0. The van der Waals surface area contributed by atoms with E-state index in [-0.39, 0.29) is 5.91 Å². The van der Waals surface area contributed by atoms with Gasteiger partial charge in [-0.25, -0.2) is 0 Å². The Hall–Kier alpha value is -0.830. The van der Waals surface area contributed by atoms with E-state index in [0.29, 0.717) is 5.92 Å². The van der Waals surface area contributed by atoms with Gasteiger partial charge in [0.2, 0.25) is 5.91 Å². The van der Waals surface area contributed by atoms with Gasteiger partial charge in [0.1, 0.15) is 0 Å². The van der Waals surface area contributed by atoms with Gasteiger partial charge in [-0.15, -0.1) is 0 Å². The van der Waals surface area contributed by atoms with Crippen molar-refractivity contribution in [3.63, 3.8) is 0 Å². The van der Waals surface area contributed by atoms with Crippen LogP contribution in [0.4, 0.5) is 0 Å². The van der Waals surface area contributed by atoms with Gasteiger partial charge in [-0.1, -0.05) is 13.0 Å². The molecule has 1 aliphatic heterocycles. The van der Waals surface area contributed by atoms with Crippen molar-refractivity contribution in [1.82, 2.24) is 10.6 Å². The number of hydrogen-bond acceptors (Lipinski definition) is 2. The minimum atomic E-state index is 0.0856. The minimum Gasteiger partial charge on any atom is -0.352 e. The molecule has 1 fully saturated rings. The van der Waals surface area contributed by atoms with Crippen LogP contribution in [0.2, 0.25) is 0 Å². The Balaban J connectivity index is 2.23. The molecule has 1 aliphatic rings. The molecule has 1 amide bonds. The van der Waals surface area contributed by atoms with E-state index in [9.17, 15) is 4.79 Å². The van der Waals surface area contributed by atoms with Crippen LogP contribution in [0.1, 0.15) is 33.1 Å². The molecule has 1 saturated heterocycles. The molecular weight excluding hydrogens is 188 g/mol. The third kappa shape index (κ3) is 4.47. The van der Waals surface area contributed by atoms with Gasteiger partial charge in [-0.3, -0.25) is 4.79 Å². The molecule has 0 saturated carbocycles. The predicted molar refractivity (Wildman–Crippen MR) is 62.7 cm³/mol. The SMILES string of the molecule is CC/C=C(\C)C(=O)NC[C@H]1CCCNC1. The average Bonchev–Trinajstić information content (AvgIpc) is 2.27. The Morgan fingerprint density at radius 1 is 1.60 bits per heavy atom. The van der Waals surface area contributed by atoms with Crippen molar-refractivity contribution in [2.75, 3.05) is 19.6 Å². The highest BCUT2D eigenvalue weighted by molar-refractivity contribution is 5.92. The Labute approximate surface area is 92.3 Å². The minimum absolute atomic E-state index is 0.0856. The first kappa shape index (κ1) is 12.2. The lowest BCUT2D eigenvalue weighted by molar-refractivity contribution is -0.117. The van der Waals surface area contributed by atoms with Crippen molar-refractivity contribution in [2.24, 2.45) is 5.92 Å². The van der Waals surface area contributed by atoms with Crippen LogP contribution in [-0.4, -0.2) is 25.5 Å². The maximum absolute atomic E-state index is 11.6. The molecule has 15 heavy (non-hydrogen) atoms. The van der Waals surface area contributed by atoms with E-state index in [1.54, 1.807) is 0 Å².